The third kappa shape index (κ3) is 12.9. The van der Waals surface area contributed by atoms with E-state index in [1.807, 2.05) is 43.9 Å². The second-order valence-electron chi connectivity index (χ2n) is 24.5. The molecule has 2 aliphatic carbocycles. The van der Waals surface area contributed by atoms with E-state index in [1.54, 1.807) is 42.3 Å². The fraction of sp³-hybridized carbons (Fsp3) is 0.508. The number of piperidine rings is 2. The SMILES string of the molecule is CCOc1cc(N2CCC(C(=O)N3CCC(CN4CCN(C(=O)OC5CCC(Nc6cc(-n7nc(C(F)(F)F)c8c7CC(C)(C)CC8=O)ccc6C(N)=O)CC5)CC4)CC3)CC2)ccc1Nc1ncc2c(n1)N(S(C)(=O)=O)c1ccccc1C(=O)N2C. The van der Waals surface area contributed by atoms with Gasteiger partial charge in [-0.3, -0.25) is 24.1 Å². The van der Waals surface area contributed by atoms with Crippen LogP contribution in [0.25, 0.3) is 5.69 Å². The van der Waals surface area contributed by atoms with E-state index in [9.17, 15) is 45.6 Å². The van der Waals surface area contributed by atoms with Crippen molar-refractivity contribution in [3.8, 4) is 11.4 Å². The van der Waals surface area contributed by atoms with Gasteiger partial charge < -0.3 is 45.4 Å². The number of Topliss-reactive ketones (excluding diaryl/α,β-unsaturated/α-hetero) is 1. The third-order valence-electron chi connectivity index (χ3n) is 17.7. The van der Waals surface area contributed by atoms with Gasteiger partial charge in [-0.05, 0) is 119 Å². The Hall–Kier alpha value is -8.00. The molecule has 0 atom stereocenters. The number of ketones is 1. The van der Waals surface area contributed by atoms with Gasteiger partial charge in [-0.1, -0.05) is 26.0 Å². The van der Waals surface area contributed by atoms with Gasteiger partial charge in [0.15, 0.2) is 17.3 Å². The van der Waals surface area contributed by atoms with Crippen LogP contribution in [0.4, 0.5) is 58.2 Å². The average Bonchev–Trinajstić information content (AvgIpc) is 1.75. The maximum atomic E-state index is 14.2. The number of sulfonamides is 1. The number of anilines is 7. The van der Waals surface area contributed by atoms with E-state index in [4.69, 9.17) is 15.2 Å². The van der Waals surface area contributed by atoms with Crippen molar-refractivity contribution >= 4 is 79.8 Å². The van der Waals surface area contributed by atoms with Gasteiger partial charge >= 0.3 is 12.3 Å². The molecule has 2 aromatic heterocycles. The molecule has 0 spiro atoms. The summed E-state index contributed by atoms with van der Waals surface area (Å²) in [5.41, 5.74) is 6.59. The molecule has 87 heavy (non-hydrogen) atoms. The van der Waals surface area contributed by atoms with Crippen LogP contribution in [0.1, 0.15) is 121 Å². The summed E-state index contributed by atoms with van der Waals surface area (Å²) < 4.78 is 83.5. The van der Waals surface area contributed by atoms with Gasteiger partial charge in [-0.15, -0.1) is 0 Å². The number of piperazine rings is 1. The van der Waals surface area contributed by atoms with Crippen LogP contribution in [0.5, 0.6) is 5.75 Å². The summed E-state index contributed by atoms with van der Waals surface area (Å²) in [5.74, 6) is -0.482. The molecule has 6 aliphatic rings. The van der Waals surface area contributed by atoms with E-state index in [0.29, 0.717) is 107 Å². The van der Waals surface area contributed by atoms with Gasteiger partial charge in [0.05, 0.1) is 58.5 Å². The maximum absolute atomic E-state index is 14.2. The number of carbonyl (C=O) groups excluding carboxylic acids is 5. The Morgan fingerprint density at radius 2 is 1.52 bits per heavy atom. The van der Waals surface area contributed by atoms with Crippen LogP contribution in [-0.2, 0) is 32.2 Å². The highest BCUT2D eigenvalue weighted by molar-refractivity contribution is 7.92. The minimum atomic E-state index is -4.84. The molecule has 0 radical (unpaired) electrons. The van der Waals surface area contributed by atoms with Gasteiger partial charge in [-0.2, -0.15) is 23.3 Å². The number of nitrogens with zero attached hydrogens (tertiary/aromatic N) is 10. The van der Waals surface area contributed by atoms with E-state index in [1.165, 1.54) is 23.2 Å². The van der Waals surface area contributed by atoms with E-state index >= 15 is 0 Å². The zero-order chi connectivity index (χ0) is 61.7. The summed E-state index contributed by atoms with van der Waals surface area (Å²) in [6.07, 6.45) is 2.72. The van der Waals surface area contributed by atoms with Crippen LogP contribution in [0.3, 0.4) is 0 Å². The monoisotopic (exact) mass is 1220 g/mol. The number of rotatable bonds is 14. The molecule has 4 aliphatic heterocycles. The number of fused-ring (bicyclic) bond motifs is 3. The lowest BCUT2D eigenvalue weighted by Gasteiger charge is -2.40. The topological polar surface area (TPSA) is 251 Å². The van der Waals surface area contributed by atoms with Crippen molar-refractivity contribution in [2.45, 2.75) is 103 Å². The molecule has 6 heterocycles. The van der Waals surface area contributed by atoms with Gasteiger partial charge in [0.25, 0.3) is 11.8 Å². The fourth-order valence-electron chi connectivity index (χ4n) is 13.2. The van der Waals surface area contributed by atoms with Gasteiger partial charge in [0.1, 0.15) is 17.5 Å². The van der Waals surface area contributed by atoms with Crippen molar-refractivity contribution < 1.29 is 55.0 Å². The number of aromatic nitrogens is 4. The molecule has 4 N–H and O–H groups in total. The molecular formula is C61H74F3N13O9S. The highest BCUT2D eigenvalue weighted by Crippen LogP contribution is 2.44. The normalized spacial score (nSPS) is 20.5. The van der Waals surface area contributed by atoms with Crippen molar-refractivity contribution in [1.29, 1.82) is 0 Å². The molecule has 11 rings (SSSR count). The van der Waals surface area contributed by atoms with Crippen molar-refractivity contribution in [3.63, 3.8) is 0 Å². The number of hydrogen-bond donors (Lipinski definition) is 3. The first-order valence-corrected chi connectivity index (χ1v) is 31.7. The van der Waals surface area contributed by atoms with E-state index in [-0.39, 0.29) is 88.6 Å². The van der Waals surface area contributed by atoms with Crippen LogP contribution in [0.2, 0.25) is 0 Å². The number of nitrogens with two attached hydrogens (primary N) is 1. The van der Waals surface area contributed by atoms with Crippen LogP contribution in [-0.4, -0.2) is 163 Å². The number of hydrogen-bond acceptors (Lipinski definition) is 16. The van der Waals surface area contributed by atoms with E-state index < -0.39 is 50.5 Å². The molecule has 3 saturated heterocycles. The van der Waals surface area contributed by atoms with Crippen LogP contribution >= 0.6 is 0 Å². The van der Waals surface area contributed by atoms with E-state index in [0.717, 1.165) is 53.4 Å². The summed E-state index contributed by atoms with van der Waals surface area (Å²) in [6, 6.07) is 16.6. The molecule has 5 aromatic rings. The molecule has 4 fully saturated rings. The number of nitrogens with one attached hydrogen (secondary N) is 2. The molecule has 22 nitrogen and oxygen atoms in total. The Kier molecular flexibility index (Phi) is 16.9. The lowest BCUT2D eigenvalue weighted by molar-refractivity contribution is -0.141. The molecule has 0 bridgehead atoms. The van der Waals surface area contributed by atoms with Gasteiger partial charge in [0.2, 0.25) is 21.9 Å². The summed E-state index contributed by atoms with van der Waals surface area (Å²) in [5, 5.41) is 10.5. The quantitative estimate of drug-likeness (QED) is 0.0944. The first-order chi connectivity index (χ1) is 41.4. The second-order valence-corrected chi connectivity index (χ2v) is 26.3. The predicted molar refractivity (Wildman–Crippen MR) is 321 cm³/mol. The number of para-hydroxylation sites is 1. The standard InChI is InChI=1S/C61H74F3N13O9S/c1-6-85-51-32-40(14-18-45(51)68-58-66-35-49-55(69-58)77(87(5,83)84)47-10-8-7-9-44(47)57(81)71(49)4)73-25-21-38(22-26-73)56(80)74-23-19-37(20-24-74)36-72-27-29-75(30-28-72)59(82)86-42-15-11-39(12-16-42)67-46-31-41(13-17-43(46)54(65)79)76-48-33-60(2,3)34-50(78)52(48)53(70-76)61(62,63)64/h7-10,13-14,17-18,31-32,35,37-39,42,67H,6,11-12,15-16,19-30,33-34,36H2,1-5H3,(H2,65,79)(H,66,68,69). The Morgan fingerprint density at radius 3 is 2.20 bits per heavy atom. The summed E-state index contributed by atoms with van der Waals surface area (Å²) in [4.78, 5) is 85.3. The Labute approximate surface area is 503 Å². The smallest absolute Gasteiger partial charge is 0.435 e. The highest BCUT2D eigenvalue weighted by Gasteiger charge is 2.46. The minimum absolute atomic E-state index is 0.0251. The predicted octanol–water partition coefficient (Wildman–Crippen LogP) is 8.40. The number of carbonyl (C=O) groups is 5. The van der Waals surface area contributed by atoms with Crippen LogP contribution < -0.4 is 35.2 Å². The Bertz CT molecular complexity index is 3590. The molecule has 4 amide bonds. The Morgan fingerprint density at radius 1 is 0.816 bits per heavy atom. The van der Waals surface area contributed by atoms with Crippen molar-refractivity contribution in [2.75, 3.05) is 104 Å². The zero-order valence-corrected chi connectivity index (χ0v) is 50.4. The van der Waals surface area contributed by atoms with Gasteiger partial charge in [0, 0.05) is 102 Å². The largest absolute Gasteiger partial charge is 0.492 e. The van der Waals surface area contributed by atoms with Crippen LogP contribution in [0.15, 0.2) is 66.9 Å². The molecule has 464 valence electrons. The highest BCUT2D eigenvalue weighted by atomic mass is 32.2. The first-order valence-electron chi connectivity index (χ1n) is 29.9. The number of benzene rings is 3. The van der Waals surface area contributed by atoms with Gasteiger partial charge in [-0.25, -0.2) is 27.2 Å². The van der Waals surface area contributed by atoms with Crippen LogP contribution in [0, 0.1) is 17.3 Å². The number of amides is 4. The molecule has 1 saturated carbocycles. The lowest BCUT2D eigenvalue weighted by atomic mass is 9.75. The molecule has 0 unspecified atom stereocenters. The van der Waals surface area contributed by atoms with Crippen molar-refractivity contribution in [1.82, 2.24) is 34.4 Å². The van der Waals surface area contributed by atoms with E-state index in [2.05, 4.69) is 35.5 Å². The molecule has 26 heteroatoms. The first kappa shape index (κ1) is 60.7. The zero-order valence-electron chi connectivity index (χ0n) is 49.6. The number of primary amides is 1. The van der Waals surface area contributed by atoms with Crippen molar-refractivity contribution in [3.05, 3.63) is 94.9 Å². The average molecular weight is 1220 g/mol. The number of alkyl halides is 3. The Balaban J connectivity index is 0.615. The lowest BCUT2D eigenvalue weighted by Crippen LogP contribution is -2.51. The maximum Gasteiger partial charge on any atom is 0.435 e. The number of halogens is 3. The number of likely N-dealkylation sites (tertiary alicyclic amines) is 1. The second kappa shape index (κ2) is 24.3. The fourth-order valence-corrected chi connectivity index (χ4v) is 14.1. The summed E-state index contributed by atoms with van der Waals surface area (Å²) in [7, 11) is -2.40. The minimum Gasteiger partial charge on any atom is -0.492 e. The third-order valence-corrected chi connectivity index (χ3v) is 18.7. The summed E-state index contributed by atoms with van der Waals surface area (Å²) in [6.45, 7) is 12.1. The molecular weight excluding hydrogens is 1150 g/mol. The summed E-state index contributed by atoms with van der Waals surface area (Å²) >= 11 is 0. The van der Waals surface area contributed by atoms with Crippen molar-refractivity contribution in [2.24, 2.45) is 23.0 Å². The molecule has 3 aromatic carbocycles. The number of ether oxygens (including phenoxy) is 2.